The lowest BCUT2D eigenvalue weighted by atomic mass is 9.83. The van der Waals surface area contributed by atoms with Gasteiger partial charge in [0.05, 0.1) is 11.3 Å². The Balaban J connectivity index is 1.39. The van der Waals surface area contributed by atoms with Gasteiger partial charge in [0.2, 0.25) is 5.91 Å². The van der Waals surface area contributed by atoms with Crippen LogP contribution in [-0.2, 0) is 17.8 Å². The average Bonchev–Trinajstić information content (AvgIpc) is 3.11. The Morgan fingerprint density at radius 3 is 2.83 bits per heavy atom. The molecule has 29 heavy (non-hydrogen) atoms. The Morgan fingerprint density at radius 1 is 1.17 bits per heavy atom. The fourth-order valence-electron chi connectivity index (χ4n) is 4.83. The molecule has 1 fully saturated rings. The van der Waals surface area contributed by atoms with Crippen LogP contribution in [0.25, 0.3) is 10.9 Å². The van der Waals surface area contributed by atoms with Gasteiger partial charge in [-0.3, -0.25) is 19.7 Å². The van der Waals surface area contributed by atoms with E-state index in [-0.39, 0.29) is 23.4 Å². The molecule has 0 radical (unpaired) electrons. The number of nitrogens with zero attached hydrogens (tertiary/aromatic N) is 3. The third-order valence-corrected chi connectivity index (χ3v) is 6.15. The van der Waals surface area contributed by atoms with E-state index in [1.54, 1.807) is 10.6 Å². The normalized spacial score (nSPS) is 20.5. The molecule has 3 aromatic rings. The number of para-hydroxylation sites is 1. The summed E-state index contributed by atoms with van der Waals surface area (Å²) >= 11 is 0. The molecule has 2 bridgehead atoms. The van der Waals surface area contributed by atoms with Crippen LogP contribution in [0.2, 0.25) is 0 Å². The summed E-state index contributed by atoms with van der Waals surface area (Å²) in [6.45, 7) is 1.53. The SMILES string of the molecule is O=C(Cc1c[nH]c2ccccc12)N1CC2CC(C1)c1ccc([N+](=O)[O-])c(=O)n1C2. The number of piperidine rings is 1. The maximum absolute atomic E-state index is 13.0. The zero-order chi connectivity index (χ0) is 20.1. The second-order valence-electron chi connectivity index (χ2n) is 7.95. The molecule has 8 nitrogen and oxygen atoms in total. The first-order valence-corrected chi connectivity index (χ1v) is 9.72. The van der Waals surface area contributed by atoms with Gasteiger partial charge >= 0.3 is 11.2 Å². The Kier molecular flexibility index (Phi) is 4.01. The van der Waals surface area contributed by atoms with Gasteiger partial charge in [-0.05, 0) is 30.0 Å². The number of aromatic nitrogens is 2. The Labute approximate surface area is 165 Å². The molecule has 0 spiro atoms. The molecule has 8 heteroatoms. The summed E-state index contributed by atoms with van der Waals surface area (Å²) in [5.74, 6) is 0.234. The summed E-state index contributed by atoms with van der Waals surface area (Å²) < 4.78 is 1.54. The second-order valence-corrected chi connectivity index (χ2v) is 7.95. The van der Waals surface area contributed by atoms with Gasteiger partial charge in [-0.2, -0.15) is 0 Å². The zero-order valence-corrected chi connectivity index (χ0v) is 15.7. The lowest BCUT2D eigenvalue weighted by Crippen LogP contribution is -2.49. The van der Waals surface area contributed by atoms with Crippen LogP contribution in [0.15, 0.2) is 47.4 Å². The molecule has 2 aliphatic heterocycles. The summed E-state index contributed by atoms with van der Waals surface area (Å²) in [6, 6.07) is 10.9. The maximum atomic E-state index is 13.0. The van der Waals surface area contributed by atoms with Gasteiger partial charge in [-0.15, -0.1) is 0 Å². The monoisotopic (exact) mass is 392 g/mol. The van der Waals surface area contributed by atoms with Gasteiger partial charge in [0.25, 0.3) is 0 Å². The number of carbonyl (C=O) groups is 1. The number of aromatic amines is 1. The zero-order valence-electron chi connectivity index (χ0n) is 15.7. The van der Waals surface area contributed by atoms with Crippen LogP contribution in [0.5, 0.6) is 0 Å². The van der Waals surface area contributed by atoms with Gasteiger partial charge < -0.3 is 14.5 Å². The van der Waals surface area contributed by atoms with E-state index in [9.17, 15) is 19.7 Å². The Morgan fingerprint density at radius 2 is 2.00 bits per heavy atom. The number of fused-ring (bicyclic) bond motifs is 5. The third kappa shape index (κ3) is 2.91. The minimum Gasteiger partial charge on any atom is -0.361 e. The number of likely N-dealkylation sites (tertiary alicyclic amines) is 1. The van der Waals surface area contributed by atoms with E-state index in [0.29, 0.717) is 26.1 Å². The van der Waals surface area contributed by atoms with Crippen LogP contribution in [0.4, 0.5) is 5.69 Å². The first-order valence-electron chi connectivity index (χ1n) is 9.72. The number of carbonyl (C=O) groups excluding carboxylic acids is 1. The highest BCUT2D eigenvalue weighted by Crippen LogP contribution is 2.36. The van der Waals surface area contributed by atoms with Gasteiger partial charge in [0.1, 0.15) is 0 Å². The fraction of sp³-hybridized carbons (Fsp3) is 0.333. The minimum absolute atomic E-state index is 0.0305. The largest absolute Gasteiger partial charge is 0.361 e. The van der Waals surface area contributed by atoms with Crippen LogP contribution in [0.1, 0.15) is 23.6 Å². The van der Waals surface area contributed by atoms with Crippen LogP contribution in [-0.4, -0.2) is 38.4 Å². The molecule has 0 aliphatic carbocycles. The van der Waals surface area contributed by atoms with Crippen molar-refractivity contribution in [3.05, 3.63) is 74.3 Å². The standard InChI is InChI=1S/C21H20N4O4/c26-20(8-14-9-22-17-4-2-1-3-16(14)17)23-10-13-7-15(12-23)18-5-6-19(25(28)29)21(27)24(18)11-13/h1-6,9,13,15,22H,7-8,10-12H2. The highest BCUT2D eigenvalue weighted by atomic mass is 16.6. The fourth-order valence-corrected chi connectivity index (χ4v) is 4.83. The van der Waals surface area contributed by atoms with Crippen molar-refractivity contribution in [2.75, 3.05) is 13.1 Å². The van der Waals surface area contributed by atoms with Gasteiger partial charge in [0, 0.05) is 54.4 Å². The predicted molar refractivity (Wildman–Crippen MR) is 107 cm³/mol. The predicted octanol–water partition coefficient (Wildman–Crippen LogP) is 2.43. The van der Waals surface area contributed by atoms with E-state index >= 15 is 0 Å². The van der Waals surface area contributed by atoms with Crippen molar-refractivity contribution in [3.8, 4) is 0 Å². The number of rotatable bonds is 3. The van der Waals surface area contributed by atoms with Gasteiger partial charge in [0.15, 0.2) is 0 Å². The minimum atomic E-state index is -0.628. The van der Waals surface area contributed by atoms with Crippen molar-refractivity contribution in [3.63, 3.8) is 0 Å². The van der Waals surface area contributed by atoms with Crippen LogP contribution in [0, 0.1) is 16.0 Å². The quantitative estimate of drug-likeness (QED) is 0.546. The molecule has 1 saturated heterocycles. The third-order valence-electron chi connectivity index (χ3n) is 6.15. The van der Waals surface area contributed by atoms with Crippen molar-refractivity contribution in [1.82, 2.24) is 14.5 Å². The first-order chi connectivity index (χ1) is 14.0. The molecule has 148 valence electrons. The van der Waals surface area contributed by atoms with Crippen molar-refractivity contribution in [2.45, 2.75) is 25.3 Å². The number of H-pyrrole nitrogens is 1. The number of pyridine rings is 1. The van der Waals surface area contributed by atoms with Crippen molar-refractivity contribution >= 4 is 22.5 Å². The number of nitrogens with one attached hydrogen (secondary N) is 1. The number of hydrogen-bond acceptors (Lipinski definition) is 4. The van der Waals surface area contributed by atoms with Crippen molar-refractivity contribution in [1.29, 1.82) is 0 Å². The molecule has 4 heterocycles. The smallest absolute Gasteiger partial charge is 0.334 e. The molecule has 2 aliphatic rings. The molecular formula is C21H20N4O4. The molecule has 1 aromatic carbocycles. The van der Waals surface area contributed by atoms with Crippen LogP contribution in [0.3, 0.4) is 0 Å². The van der Waals surface area contributed by atoms with E-state index < -0.39 is 10.5 Å². The van der Waals surface area contributed by atoms with E-state index in [4.69, 9.17) is 0 Å². The van der Waals surface area contributed by atoms with Crippen LogP contribution < -0.4 is 5.56 Å². The summed E-state index contributed by atoms with van der Waals surface area (Å²) in [5.41, 5.74) is 1.86. The number of nitro groups is 1. The lowest BCUT2D eigenvalue weighted by Gasteiger charge is -2.42. The second kappa shape index (κ2) is 6.58. The molecule has 1 N–H and O–H groups in total. The van der Waals surface area contributed by atoms with Gasteiger partial charge in [-0.25, -0.2) is 0 Å². The summed E-state index contributed by atoms with van der Waals surface area (Å²) in [6.07, 6.45) is 3.12. The molecule has 1 amide bonds. The average molecular weight is 392 g/mol. The first kappa shape index (κ1) is 17.7. The summed E-state index contributed by atoms with van der Waals surface area (Å²) in [7, 11) is 0. The molecule has 2 aromatic heterocycles. The Hall–Kier alpha value is -3.42. The van der Waals surface area contributed by atoms with Gasteiger partial charge in [-0.1, -0.05) is 18.2 Å². The van der Waals surface area contributed by atoms with E-state index in [0.717, 1.165) is 28.6 Å². The number of amides is 1. The number of benzene rings is 1. The highest BCUT2D eigenvalue weighted by molar-refractivity contribution is 5.89. The Bertz CT molecular complexity index is 1190. The van der Waals surface area contributed by atoms with Crippen molar-refractivity contribution < 1.29 is 9.72 Å². The number of hydrogen-bond donors (Lipinski definition) is 1. The molecular weight excluding hydrogens is 372 g/mol. The lowest BCUT2D eigenvalue weighted by molar-refractivity contribution is -0.386. The molecule has 2 atom stereocenters. The van der Waals surface area contributed by atoms with E-state index in [1.807, 2.05) is 35.4 Å². The molecule has 5 rings (SSSR count). The summed E-state index contributed by atoms with van der Waals surface area (Å²) in [4.78, 5) is 41.0. The van der Waals surface area contributed by atoms with Crippen molar-refractivity contribution in [2.24, 2.45) is 5.92 Å². The molecule has 2 unspecified atom stereocenters. The van der Waals surface area contributed by atoms with Crippen LogP contribution >= 0.6 is 0 Å². The topological polar surface area (TPSA) is 101 Å². The van der Waals surface area contributed by atoms with E-state index in [1.165, 1.54) is 6.07 Å². The van der Waals surface area contributed by atoms with E-state index in [2.05, 4.69) is 4.98 Å². The maximum Gasteiger partial charge on any atom is 0.334 e. The summed E-state index contributed by atoms with van der Waals surface area (Å²) in [5, 5.41) is 12.1. The molecule has 0 saturated carbocycles. The highest BCUT2D eigenvalue weighted by Gasteiger charge is 2.37.